The van der Waals surface area contributed by atoms with Gasteiger partial charge in [-0.25, -0.2) is 8.42 Å². The van der Waals surface area contributed by atoms with Crippen molar-refractivity contribution in [3.8, 4) is 5.75 Å². The third-order valence-electron chi connectivity index (χ3n) is 6.44. The van der Waals surface area contributed by atoms with E-state index < -0.39 is 10.0 Å². The zero-order chi connectivity index (χ0) is 25.5. The maximum absolute atomic E-state index is 12.8. The molecule has 190 valence electrons. The lowest BCUT2D eigenvalue weighted by Crippen LogP contribution is -2.51. The summed E-state index contributed by atoms with van der Waals surface area (Å²) in [5.41, 5.74) is 3.06. The lowest BCUT2D eigenvalue weighted by molar-refractivity contribution is -0.135. The molecule has 1 amide bonds. The van der Waals surface area contributed by atoms with Gasteiger partial charge in [-0.1, -0.05) is 60.7 Å². The minimum Gasteiger partial charge on any atom is -0.484 e. The quantitative estimate of drug-likeness (QED) is 0.441. The number of nitrogens with zero attached hydrogens (tertiary/aromatic N) is 3. The number of amides is 1. The van der Waals surface area contributed by atoms with Gasteiger partial charge in [-0.3, -0.25) is 14.0 Å². The Morgan fingerprint density at radius 1 is 0.861 bits per heavy atom. The monoisotopic (exact) mass is 507 g/mol. The first kappa shape index (κ1) is 25.7. The van der Waals surface area contributed by atoms with Crippen molar-refractivity contribution < 1.29 is 17.9 Å². The molecule has 0 atom stereocenters. The van der Waals surface area contributed by atoms with Crippen LogP contribution in [0.3, 0.4) is 0 Å². The zero-order valence-corrected chi connectivity index (χ0v) is 21.6. The van der Waals surface area contributed by atoms with Crippen LogP contribution in [0.15, 0.2) is 84.9 Å². The number of benzene rings is 3. The molecule has 0 unspecified atom stereocenters. The average molecular weight is 508 g/mol. The van der Waals surface area contributed by atoms with Crippen molar-refractivity contribution in [2.45, 2.75) is 13.0 Å². The van der Waals surface area contributed by atoms with E-state index in [1.54, 1.807) is 31.2 Å². The maximum Gasteiger partial charge on any atom is 0.260 e. The first-order chi connectivity index (χ1) is 17.4. The summed E-state index contributed by atoms with van der Waals surface area (Å²) in [6, 6.07) is 27.9. The molecule has 1 fully saturated rings. The number of piperazine rings is 1. The zero-order valence-electron chi connectivity index (χ0n) is 20.8. The van der Waals surface area contributed by atoms with E-state index in [2.05, 4.69) is 53.4 Å². The van der Waals surface area contributed by atoms with Crippen LogP contribution >= 0.6 is 0 Å². The van der Waals surface area contributed by atoms with Gasteiger partial charge in [0.05, 0.1) is 18.0 Å². The maximum atomic E-state index is 12.8. The van der Waals surface area contributed by atoms with Crippen molar-refractivity contribution in [3.63, 3.8) is 0 Å². The Balaban J connectivity index is 1.34. The van der Waals surface area contributed by atoms with Gasteiger partial charge in [0, 0.05) is 32.7 Å². The number of ether oxygens (including phenoxy) is 1. The minimum atomic E-state index is -3.34. The van der Waals surface area contributed by atoms with Gasteiger partial charge in [0.15, 0.2) is 6.61 Å². The standard InChI is InChI=1S/C28H33N3O4S/c1-3-31(36(2,33)34)25-14-16-26(17-15-25)35-22-27(32)29-18-20-30(21-19-29)28(23-10-6-4-7-11-23)24-12-8-5-9-13-24/h4-17,28H,3,18-22H2,1-2H3. The van der Waals surface area contributed by atoms with Crippen molar-refractivity contribution in [2.24, 2.45) is 0 Å². The molecule has 3 aromatic carbocycles. The van der Waals surface area contributed by atoms with E-state index in [0.29, 0.717) is 31.1 Å². The fraction of sp³-hybridized carbons (Fsp3) is 0.321. The van der Waals surface area contributed by atoms with Crippen LogP contribution in [0.4, 0.5) is 5.69 Å². The number of carbonyl (C=O) groups is 1. The Hall–Kier alpha value is -3.36. The van der Waals surface area contributed by atoms with Crippen LogP contribution in [0.2, 0.25) is 0 Å². The molecule has 7 nitrogen and oxygen atoms in total. The first-order valence-corrected chi connectivity index (χ1v) is 14.0. The smallest absolute Gasteiger partial charge is 0.260 e. The van der Waals surface area contributed by atoms with Crippen LogP contribution in [-0.4, -0.2) is 69.7 Å². The molecular formula is C28H33N3O4S. The Morgan fingerprint density at radius 2 is 1.39 bits per heavy atom. The summed E-state index contributed by atoms with van der Waals surface area (Å²) >= 11 is 0. The molecule has 0 radical (unpaired) electrons. The summed E-state index contributed by atoms with van der Waals surface area (Å²) in [7, 11) is -3.34. The average Bonchev–Trinajstić information content (AvgIpc) is 2.89. The molecule has 1 aliphatic rings. The van der Waals surface area contributed by atoms with E-state index in [-0.39, 0.29) is 18.6 Å². The van der Waals surface area contributed by atoms with Crippen LogP contribution in [0, 0.1) is 0 Å². The molecular weight excluding hydrogens is 474 g/mol. The first-order valence-electron chi connectivity index (χ1n) is 12.2. The van der Waals surface area contributed by atoms with E-state index in [1.807, 2.05) is 17.0 Å². The molecule has 1 heterocycles. The summed E-state index contributed by atoms with van der Waals surface area (Å²) in [6.45, 7) is 4.89. The lowest BCUT2D eigenvalue weighted by atomic mass is 9.96. The third kappa shape index (κ3) is 6.25. The van der Waals surface area contributed by atoms with Crippen molar-refractivity contribution in [3.05, 3.63) is 96.1 Å². The Morgan fingerprint density at radius 3 is 1.86 bits per heavy atom. The van der Waals surface area contributed by atoms with E-state index in [9.17, 15) is 13.2 Å². The van der Waals surface area contributed by atoms with Crippen molar-refractivity contribution in [2.75, 3.05) is 49.9 Å². The second kappa shape index (κ2) is 11.6. The topological polar surface area (TPSA) is 70.2 Å². The highest BCUT2D eigenvalue weighted by Crippen LogP contribution is 2.29. The summed E-state index contributed by atoms with van der Waals surface area (Å²) in [4.78, 5) is 17.1. The molecule has 0 spiro atoms. The fourth-order valence-corrected chi connectivity index (χ4v) is 5.64. The predicted molar refractivity (Wildman–Crippen MR) is 143 cm³/mol. The highest BCUT2D eigenvalue weighted by Gasteiger charge is 2.28. The molecule has 0 saturated carbocycles. The molecule has 8 heteroatoms. The van der Waals surface area contributed by atoms with E-state index in [4.69, 9.17) is 4.74 Å². The summed E-state index contributed by atoms with van der Waals surface area (Å²) in [5.74, 6) is 0.476. The van der Waals surface area contributed by atoms with Crippen LogP contribution < -0.4 is 9.04 Å². The lowest BCUT2D eigenvalue weighted by Gasteiger charge is -2.39. The van der Waals surface area contributed by atoms with Crippen molar-refractivity contribution in [1.29, 1.82) is 0 Å². The van der Waals surface area contributed by atoms with Crippen LogP contribution in [0.25, 0.3) is 0 Å². The Bertz CT molecular complexity index is 1190. The molecule has 1 aliphatic heterocycles. The predicted octanol–water partition coefficient (Wildman–Crippen LogP) is 3.79. The minimum absolute atomic E-state index is 0.0519. The molecule has 1 saturated heterocycles. The van der Waals surface area contributed by atoms with Crippen molar-refractivity contribution in [1.82, 2.24) is 9.80 Å². The van der Waals surface area contributed by atoms with Crippen LogP contribution in [0.5, 0.6) is 5.75 Å². The van der Waals surface area contributed by atoms with Gasteiger partial charge in [0.1, 0.15) is 5.75 Å². The van der Waals surface area contributed by atoms with Gasteiger partial charge in [0.25, 0.3) is 5.91 Å². The molecule has 0 bridgehead atoms. The second-order valence-electron chi connectivity index (χ2n) is 8.85. The summed E-state index contributed by atoms with van der Waals surface area (Å²) in [6.07, 6.45) is 1.18. The fourth-order valence-electron chi connectivity index (χ4n) is 4.67. The highest BCUT2D eigenvalue weighted by atomic mass is 32.2. The van der Waals surface area contributed by atoms with Gasteiger partial charge in [-0.15, -0.1) is 0 Å². The SMILES string of the molecule is CCN(c1ccc(OCC(=O)N2CCN(C(c3ccccc3)c3ccccc3)CC2)cc1)S(C)(=O)=O. The molecule has 0 N–H and O–H groups in total. The van der Waals surface area contributed by atoms with Gasteiger partial charge in [-0.05, 0) is 42.3 Å². The molecule has 4 rings (SSSR count). The number of carbonyl (C=O) groups excluding carboxylic acids is 1. The van der Waals surface area contributed by atoms with Gasteiger partial charge in [0.2, 0.25) is 10.0 Å². The number of hydrogen-bond donors (Lipinski definition) is 0. The summed E-state index contributed by atoms with van der Waals surface area (Å²) < 4.78 is 30.8. The Labute approximate surface area is 214 Å². The number of rotatable bonds is 9. The van der Waals surface area contributed by atoms with Gasteiger partial charge >= 0.3 is 0 Å². The summed E-state index contributed by atoms with van der Waals surface area (Å²) in [5, 5.41) is 0. The number of sulfonamides is 1. The van der Waals surface area contributed by atoms with Crippen molar-refractivity contribution >= 4 is 21.6 Å². The van der Waals surface area contributed by atoms with Crippen LogP contribution in [-0.2, 0) is 14.8 Å². The normalized spacial score (nSPS) is 14.6. The van der Waals surface area contributed by atoms with Gasteiger partial charge < -0.3 is 9.64 Å². The van der Waals surface area contributed by atoms with E-state index >= 15 is 0 Å². The molecule has 3 aromatic rings. The second-order valence-corrected chi connectivity index (χ2v) is 10.8. The van der Waals surface area contributed by atoms with E-state index in [0.717, 1.165) is 13.1 Å². The largest absolute Gasteiger partial charge is 0.484 e. The highest BCUT2D eigenvalue weighted by molar-refractivity contribution is 7.92. The molecule has 0 aromatic heterocycles. The van der Waals surface area contributed by atoms with Gasteiger partial charge in [-0.2, -0.15) is 0 Å². The van der Waals surface area contributed by atoms with Crippen LogP contribution in [0.1, 0.15) is 24.1 Å². The third-order valence-corrected chi connectivity index (χ3v) is 7.71. The van der Waals surface area contributed by atoms with E-state index in [1.165, 1.54) is 21.7 Å². The molecule has 36 heavy (non-hydrogen) atoms. The number of anilines is 1. The Kier molecular flexibility index (Phi) is 8.28. The molecule has 0 aliphatic carbocycles. The number of hydrogen-bond acceptors (Lipinski definition) is 5.